The molecule has 3 unspecified atom stereocenters. The maximum Gasteiger partial charge on any atom is 0.315 e. The second kappa shape index (κ2) is 24.6. The fourth-order valence-electron chi connectivity index (χ4n) is 4.31. The van der Waals surface area contributed by atoms with E-state index < -0.39 is 0 Å². The predicted molar refractivity (Wildman–Crippen MR) is 153 cm³/mol. The van der Waals surface area contributed by atoms with Crippen molar-refractivity contribution in [1.82, 2.24) is 10.6 Å². The Morgan fingerprint density at radius 2 is 1.15 bits per heavy atom. The van der Waals surface area contributed by atoms with Crippen LogP contribution in [0.25, 0.3) is 0 Å². The molecular weight excluding hydrogens is 542 g/mol. The molecule has 0 aromatic rings. The summed E-state index contributed by atoms with van der Waals surface area (Å²) < 4.78 is 37.9. The number of fused-ring (bicyclic) bond motifs is 1. The van der Waals surface area contributed by atoms with Gasteiger partial charge in [-0.05, 0) is 19.3 Å². The van der Waals surface area contributed by atoms with E-state index in [0.29, 0.717) is 123 Å². The van der Waals surface area contributed by atoms with Crippen LogP contribution in [0.3, 0.4) is 0 Å². The van der Waals surface area contributed by atoms with Gasteiger partial charge in [0, 0.05) is 37.0 Å². The number of unbranched alkanes of at least 4 members (excludes halogenated alkanes) is 1. The van der Waals surface area contributed by atoms with E-state index in [2.05, 4.69) is 10.6 Å². The van der Waals surface area contributed by atoms with E-state index in [1.807, 2.05) is 11.8 Å². The molecule has 234 valence electrons. The average molecular weight is 594 g/mol. The molecule has 0 saturated carbocycles. The third-order valence-corrected chi connectivity index (χ3v) is 7.88. The van der Waals surface area contributed by atoms with Gasteiger partial charge in [-0.25, -0.2) is 4.79 Å². The van der Waals surface area contributed by atoms with Gasteiger partial charge in [0.05, 0.1) is 98.0 Å². The van der Waals surface area contributed by atoms with Crippen LogP contribution < -0.4 is 16.4 Å². The van der Waals surface area contributed by atoms with Gasteiger partial charge >= 0.3 is 6.03 Å². The summed E-state index contributed by atoms with van der Waals surface area (Å²) in [5, 5.41) is 6.44. The van der Waals surface area contributed by atoms with E-state index in [-0.39, 0.29) is 18.1 Å². The predicted octanol–water partition coefficient (Wildman–Crippen LogP) is 1.14. The molecule has 0 spiro atoms. The van der Waals surface area contributed by atoms with Crippen LogP contribution >= 0.6 is 11.8 Å². The quantitative estimate of drug-likeness (QED) is 0.0847. The molecule has 2 heterocycles. The van der Waals surface area contributed by atoms with Crippen molar-refractivity contribution in [3.8, 4) is 0 Å². The summed E-state index contributed by atoms with van der Waals surface area (Å²) in [5.74, 6) is 1.27. The number of hydrogen-bond acceptors (Lipinski definition) is 11. The van der Waals surface area contributed by atoms with Crippen LogP contribution in [0.2, 0.25) is 0 Å². The fourth-order valence-corrected chi connectivity index (χ4v) is 5.86. The first kappa shape index (κ1) is 35.2. The monoisotopic (exact) mass is 593 g/mol. The normalized spacial score (nSPS) is 20.0. The zero-order chi connectivity index (χ0) is 28.5. The van der Waals surface area contributed by atoms with Gasteiger partial charge in [0.15, 0.2) is 0 Å². The Kier molecular flexibility index (Phi) is 21.6. The lowest BCUT2D eigenvalue weighted by molar-refractivity contribution is -0.119. The summed E-state index contributed by atoms with van der Waals surface area (Å²) >= 11 is 1.92. The highest BCUT2D eigenvalue weighted by Crippen LogP contribution is 2.33. The molecule has 0 radical (unpaired) electrons. The molecule has 2 fully saturated rings. The minimum atomic E-state index is -0.0473. The molecule has 0 aromatic heterocycles. The largest absolute Gasteiger partial charge is 0.379 e. The van der Waals surface area contributed by atoms with Crippen molar-refractivity contribution in [2.75, 3.05) is 105 Å². The van der Waals surface area contributed by atoms with Gasteiger partial charge < -0.3 is 49.5 Å². The lowest BCUT2D eigenvalue weighted by atomic mass is 10.0. The van der Waals surface area contributed by atoms with E-state index in [4.69, 9.17) is 38.9 Å². The summed E-state index contributed by atoms with van der Waals surface area (Å²) in [6, 6.07) is 0.461. The number of ketones is 1. The Balaban J connectivity index is 1.21. The van der Waals surface area contributed by atoms with E-state index in [0.717, 1.165) is 31.4 Å². The Labute approximate surface area is 243 Å². The number of urea groups is 1. The van der Waals surface area contributed by atoms with Gasteiger partial charge in [-0.15, -0.1) is 0 Å². The molecule has 2 aliphatic rings. The van der Waals surface area contributed by atoms with E-state index >= 15 is 0 Å². The Hall–Kier alpha value is -1.03. The Morgan fingerprint density at radius 3 is 1.68 bits per heavy atom. The number of nitrogens with two attached hydrogens (primary N) is 1. The number of carbonyl (C=O) groups is 2. The summed E-state index contributed by atoms with van der Waals surface area (Å²) in [6.45, 7) is 7.89. The zero-order valence-electron chi connectivity index (χ0n) is 23.9. The molecule has 0 bridgehead atoms. The van der Waals surface area contributed by atoms with Crippen molar-refractivity contribution in [2.45, 2.75) is 55.9 Å². The molecule has 12 nitrogen and oxygen atoms in total. The number of Topliss-reactive ketones (excluding diaryl/α,β-unsaturated/α-hetero) is 1. The van der Waals surface area contributed by atoms with Crippen LogP contribution in [-0.4, -0.2) is 134 Å². The number of amides is 2. The third-order valence-electron chi connectivity index (χ3n) is 6.37. The molecule has 0 aromatic carbocycles. The summed E-state index contributed by atoms with van der Waals surface area (Å²) in [5.41, 5.74) is 5.33. The van der Waals surface area contributed by atoms with Crippen LogP contribution in [0.15, 0.2) is 0 Å². The van der Waals surface area contributed by atoms with Gasteiger partial charge in [-0.2, -0.15) is 11.8 Å². The summed E-state index contributed by atoms with van der Waals surface area (Å²) in [7, 11) is 0. The van der Waals surface area contributed by atoms with Crippen LogP contribution in [-0.2, 0) is 38.0 Å². The maximum atomic E-state index is 12.1. The minimum absolute atomic E-state index is 0.0473. The average Bonchev–Trinajstić information content (AvgIpc) is 3.50. The standard InChI is InChI=1S/C27H51N3O9S/c28-7-9-34-11-13-36-15-17-38-19-21-39-20-18-37-16-14-35-12-10-33-8-3-5-23(31)4-1-2-6-25-26-24(22-40-25)29-27(32)30-26/h24-26H,1-22,28H2,(H2,29,30,32). The Bertz CT molecular complexity index is 650. The molecule has 2 rings (SSSR count). The van der Waals surface area contributed by atoms with Gasteiger partial charge in [0.1, 0.15) is 5.78 Å². The Morgan fingerprint density at radius 1 is 0.675 bits per heavy atom. The van der Waals surface area contributed by atoms with Gasteiger partial charge in [0.25, 0.3) is 0 Å². The highest BCUT2D eigenvalue weighted by atomic mass is 32.2. The molecule has 2 amide bonds. The number of thioether (sulfide) groups is 1. The van der Waals surface area contributed by atoms with Crippen molar-refractivity contribution < 1.29 is 42.7 Å². The lowest BCUT2D eigenvalue weighted by Gasteiger charge is -2.16. The molecular formula is C27H51N3O9S. The third kappa shape index (κ3) is 17.7. The van der Waals surface area contributed by atoms with E-state index in [1.54, 1.807) is 0 Å². The highest BCUT2D eigenvalue weighted by molar-refractivity contribution is 8.00. The van der Waals surface area contributed by atoms with Crippen LogP contribution in [0.5, 0.6) is 0 Å². The van der Waals surface area contributed by atoms with Crippen molar-refractivity contribution >= 4 is 23.6 Å². The van der Waals surface area contributed by atoms with Crippen molar-refractivity contribution in [3.05, 3.63) is 0 Å². The lowest BCUT2D eigenvalue weighted by Crippen LogP contribution is -2.36. The van der Waals surface area contributed by atoms with E-state index in [1.165, 1.54) is 0 Å². The first-order chi connectivity index (χ1) is 19.7. The molecule has 2 saturated heterocycles. The van der Waals surface area contributed by atoms with Crippen LogP contribution in [0.4, 0.5) is 4.79 Å². The second-order valence-corrected chi connectivity index (χ2v) is 10.9. The van der Waals surface area contributed by atoms with Crippen molar-refractivity contribution in [1.29, 1.82) is 0 Å². The first-order valence-electron chi connectivity index (χ1n) is 14.6. The van der Waals surface area contributed by atoms with Crippen molar-refractivity contribution in [3.63, 3.8) is 0 Å². The number of ether oxygens (including phenoxy) is 7. The highest BCUT2D eigenvalue weighted by Gasteiger charge is 2.42. The fraction of sp³-hybridized carbons (Fsp3) is 0.926. The second-order valence-electron chi connectivity index (χ2n) is 9.59. The van der Waals surface area contributed by atoms with Crippen LogP contribution in [0, 0.1) is 0 Å². The van der Waals surface area contributed by atoms with Crippen LogP contribution in [0.1, 0.15) is 38.5 Å². The minimum Gasteiger partial charge on any atom is -0.379 e. The molecule has 13 heteroatoms. The van der Waals surface area contributed by atoms with Gasteiger partial charge in [0.2, 0.25) is 0 Å². The molecule has 40 heavy (non-hydrogen) atoms. The number of nitrogens with one attached hydrogen (secondary N) is 2. The molecule has 0 aliphatic carbocycles. The summed E-state index contributed by atoms with van der Waals surface area (Å²) in [6.07, 6.45) is 4.91. The van der Waals surface area contributed by atoms with Crippen molar-refractivity contribution in [2.24, 2.45) is 5.73 Å². The first-order valence-corrected chi connectivity index (χ1v) is 15.7. The topological polar surface area (TPSA) is 149 Å². The number of hydrogen-bond donors (Lipinski definition) is 3. The van der Waals surface area contributed by atoms with Gasteiger partial charge in [-0.1, -0.05) is 6.42 Å². The van der Waals surface area contributed by atoms with Gasteiger partial charge in [-0.3, -0.25) is 4.79 Å². The number of rotatable bonds is 29. The molecule has 4 N–H and O–H groups in total. The number of carbonyl (C=O) groups excluding carboxylic acids is 2. The van der Waals surface area contributed by atoms with E-state index in [9.17, 15) is 9.59 Å². The zero-order valence-corrected chi connectivity index (χ0v) is 24.8. The molecule has 2 aliphatic heterocycles. The summed E-state index contributed by atoms with van der Waals surface area (Å²) in [4.78, 5) is 23.5. The smallest absolute Gasteiger partial charge is 0.315 e. The SMILES string of the molecule is NCCOCCOCCOCCOCCOCCOCCOCCCC(=O)CCCCC1SCC2NC(=O)NC21. The maximum absolute atomic E-state index is 12.1. The molecule has 3 atom stereocenters.